The minimum Gasteiger partial charge on any atom is -0.491 e. The standard InChI is InChI=1S/C17H26N2O2/c1-4-21-15-13(8-5-9-14(15)18)16(20)19-12-7-6-10-17(2,3)11-12/h5,8-9,12H,4,6-7,10-11,18H2,1-3H3,(H,19,20). The predicted molar refractivity (Wildman–Crippen MR) is 85.5 cm³/mol. The zero-order valence-electron chi connectivity index (χ0n) is 13.2. The molecule has 0 aliphatic heterocycles. The van der Waals surface area contributed by atoms with Crippen molar-refractivity contribution in [2.75, 3.05) is 12.3 Å². The van der Waals surface area contributed by atoms with Crippen LogP contribution in [-0.4, -0.2) is 18.6 Å². The van der Waals surface area contributed by atoms with Crippen molar-refractivity contribution in [1.29, 1.82) is 0 Å². The first-order chi connectivity index (χ1) is 9.93. The van der Waals surface area contributed by atoms with Crippen LogP contribution in [0.1, 0.15) is 56.8 Å². The van der Waals surface area contributed by atoms with Gasteiger partial charge in [0.2, 0.25) is 0 Å². The number of carbonyl (C=O) groups is 1. The lowest BCUT2D eigenvalue weighted by atomic mass is 9.75. The molecule has 0 bridgehead atoms. The van der Waals surface area contributed by atoms with Crippen LogP contribution in [0.2, 0.25) is 0 Å². The summed E-state index contributed by atoms with van der Waals surface area (Å²) in [7, 11) is 0. The monoisotopic (exact) mass is 290 g/mol. The zero-order valence-corrected chi connectivity index (χ0v) is 13.2. The van der Waals surface area contributed by atoms with Crippen molar-refractivity contribution in [3.05, 3.63) is 23.8 Å². The minimum atomic E-state index is -0.0894. The Labute approximate surface area is 127 Å². The summed E-state index contributed by atoms with van der Waals surface area (Å²) in [5.41, 5.74) is 7.25. The smallest absolute Gasteiger partial charge is 0.255 e. The lowest BCUT2D eigenvalue weighted by Crippen LogP contribution is -2.40. The van der Waals surface area contributed by atoms with Crippen molar-refractivity contribution in [1.82, 2.24) is 5.32 Å². The highest BCUT2D eigenvalue weighted by atomic mass is 16.5. The molecule has 116 valence electrons. The zero-order chi connectivity index (χ0) is 15.5. The lowest BCUT2D eigenvalue weighted by Gasteiger charge is -2.35. The van der Waals surface area contributed by atoms with E-state index in [9.17, 15) is 4.79 Å². The van der Waals surface area contributed by atoms with Crippen LogP contribution < -0.4 is 15.8 Å². The van der Waals surface area contributed by atoms with Gasteiger partial charge in [0.15, 0.2) is 5.75 Å². The first-order valence-corrected chi connectivity index (χ1v) is 7.75. The average molecular weight is 290 g/mol. The van der Waals surface area contributed by atoms with Gasteiger partial charge in [-0.1, -0.05) is 26.3 Å². The van der Waals surface area contributed by atoms with Gasteiger partial charge in [0, 0.05) is 6.04 Å². The van der Waals surface area contributed by atoms with Crippen LogP contribution in [-0.2, 0) is 0 Å². The van der Waals surface area contributed by atoms with Crippen LogP contribution in [0.15, 0.2) is 18.2 Å². The number of hydrogen-bond acceptors (Lipinski definition) is 3. The molecule has 0 radical (unpaired) electrons. The molecule has 4 nitrogen and oxygen atoms in total. The Balaban J connectivity index is 2.12. The van der Waals surface area contributed by atoms with Gasteiger partial charge in [-0.25, -0.2) is 0 Å². The molecule has 1 unspecified atom stereocenters. The average Bonchev–Trinajstić information content (AvgIpc) is 2.40. The van der Waals surface area contributed by atoms with Crippen LogP contribution in [0.5, 0.6) is 5.75 Å². The summed E-state index contributed by atoms with van der Waals surface area (Å²) >= 11 is 0. The van der Waals surface area contributed by atoms with E-state index in [1.807, 2.05) is 6.92 Å². The van der Waals surface area contributed by atoms with Crippen molar-refractivity contribution in [3.63, 3.8) is 0 Å². The first kappa shape index (κ1) is 15.7. The van der Waals surface area contributed by atoms with Crippen LogP contribution in [0.4, 0.5) is 5.69 Å². The van der Waals surface area contributed by atoms with Gasteiger partial charge < -0.3 is 15.8 Å². The van der Waals surface area contributed by atoms with Gasteiger partial charge in [-0.15, -0.1) is 0 Å². The number of anilines is 1. The van der Waals surface area contributed by atoms with E-state index in [0.717, 1.165) is 19.3 Å². The van der Waals surface area contributed by atoms with E-state index in [1.165, 1.54) is 6.42 Å². The molecule has 0 saturated heterocycles. The van der Waals surface area contributed by atoms with E-state index < -0.39 is 0 Å². The van der Waals surface area contributed by atoms with Crippen LogP contribution in [0, 0.1) is 5.41 Å². The maximum atomic E-state index is 12.5. The molecule has 1 saturated carbocycles. The second-order valence-corrected chi connectivity index (χ2v) is 6.59. The molecule has 2 rings (SSSR count). The fourth-order valence-electron chi connectivity index (χ4n) is 3.12. The van der Waals surface area contributed by atoms with Gasteiger partial charge in [0.1, 0.15) is 0 Å². The Morgan fingerprint density at radius 2 is 2.24 bits per heavy atom. The number of amides is 1. The van der Waals surface area contributed by atoms with Crippen molar-refractivity contribution >= 4 is 11.6 Å². The molecule has 1 atom stereocenters. The summed E-state index contributed by atoms with van der Waals surface area (Å²) in [5.74, 6) is 0.404. The number of nitrogens with one attached hydrogen (secondary N) is 1. The lowest BCUT2D eigenvalue weighted by molar-refractivity contribution is 0.0899. The third-order valence-corrected chi connectivity index (χ3v) is 4.12. The highest BCUT2D eigenvalue weighted by Crippen LogP contribution is 2.35. The molecule has 1 fully saturated rings. The molecular formula is C17H26N2O2. The fraction of sp³-hybridized carbons (Fsp3) is 0.588. The van der Waals surface area contributed by atoms with Crippen LogP contribution in [0.25, 0.3) is 0 Å². The van der Waals surface area contributed by atoms with Crippen LogP contribution in [0.3, 0.4) is 0 Å². The van der Waals surface area contributed by atoms with Crippen molar-refractivity contribution in [3.8, 4) is 5.75 Å². The van der Waals surface area contributed by atoms with E-state index >= 15 is 0 Å². The van der Waals surface area contributed by atoms with Gasteiger partial charge in [-0.05, 0) is 43.7 Å². The Bertz CT molecular complexity index is 512. The van der Waals surface area contributed by atoms with E-state index in [0.29, 0.717) is 29.0 Å². The largest absolute Gasteiger partial charge is 0.491 e. The highest BCUT2D eigenvalue weighted by molar-refractivity contribution is 5.98. The molecular weight excluding hydrogens is 264 g/mol. The molecule has 1 aliphatic carbocycles. The topological polar surface area (TPSA) is 64.3 Å². The SMILES string of the molecule is CCOc1c(N)cccc1C(=O)NC1CCCC(C)(C)C1. The molecule has 0 heterocycles. The van der Waals surface area contributed by atoms with E-state index in [2.05, 4.69) is 19.2 Å². The van der Waals surface area contributed by atoms with Gasteiger partial charge in [-0.3, -0.25) is 4.79 Å². The number of carbonyl (C=O) groups excluding carboxylic acids is 1. The van der Waals surface area contributed by atoms with Gasteiger partial charge in [0.05, 0.1) is 17.9 Å². The summed E-state index contributed by atoms with van der Waals surface area (Å²) in [6.07, 6.45) is 4.45. The highest BCUT2D eigenvalue weighted by Gasteiger charge is 2.29. The Kier molecular flexibility index (Phi) is 4.76. The maximum absolute atomic E-state index is 12.5. The number of para-hydroxylation sites is 1. The molecule has 0 spiro atoms. The normalized spacial score (nSPS) is 20.8. The summed E-state index contributed by atoms with van der Waals surface area (Å²) in [6, 6.07) is 5.55. The van der Waals surface area contributed by atoms with Crippen molar-refractivity contribution < 1.29 is 9.53 Å². The number of benzene rings is 1. The molecule has 3 N–H and O–H groups in total. The molecule has 1 aromatic carbocycles. The van der Waals surface area contributed by atoms with Crippen LogP contribution >= 0.6 is 0 Å². The summed E-state index contributed by atoms with van der Waals surface area (Å²) in [5, 5.41) is 3.14. The van der Waals surface area contributed by atoms with E-state index in [-0.39, 0.29) is 11.9 Å². The second-order valence-electron chi connectivity index (χ2n) is 6.59. The Morgan fingerprint density at radius 1 is 1.48 bits per heavy atom. The third-order valence-electron chi connectivity index (χ3n) is 4.12. The third kappa shape index (κ3) is 3.90. The molecule has 1 aliphatic rings. The number of nitrogen functional groups attached to an aromatic ring is 1. The first-order valence-electron chi connectivity index (χ1n) is 7.75. The molecule has 1 amide bonds. The predicted octanol–water partition coefficient (Wildman–Crippen LogP) is 3.37. The molecule has 21 heavy (non-hydrogen) atoms. The van der Waals surface area contributed by atoms with Gasteiger partial charge in [0.25, 0.3) is 5.91 Å². The Morgan fingerprint density at radius 3 is 2.90 bits per heavy atom. The quantitative estimate of drug-likeness (QED) is 0.836. The van der Waals surface area contributed by atoms with Crippen molar-refractivity contribution in [2.24, 2.45) is 5.41 Å². The molecule has 4 heteroatoms. The summed E-state index contributed by atoms with van der Waals surface area (Å²) < 4.78 is 5.53. The van der Waals surface area contributed by atoms with E-state index in [4.69, 9.17) is 10.5 Å². The number of ether oxygens (including phenoxy) is 1. The Hall–Kier alpha value is -1.71. The minimum absolute atomic E-state index is 0.0894. The number of rotatable bonds is 4. The summed E-state index contributed by atoms with van der Waals surface area (Å²) in [4.78, 5) is 12.5. The van der Waals surface area contributed by atoms with Gasteiger partial charge in [-0.2, -0.15) is 0 Å². The molecule has 0 aromatic heterocycles. The van der Waals surface area contributed by atoms with E-state index in [1.54, 1.807) is 18.2 Å². The number of nitrogens with two attached hydrogens (primary N) is 1. The number of hydrogen-bond donors (Lipinski definition) is 2. The maximum Gasteiger partial charge on any atom is 0.255 e. The fourth-order valence-corrected chi connectivity index (χ4v) is 3.12. The van der Waals surface area contributed by atoms with Crippen molar-refractivity contribution in [2.45, 2.75) is 52.5 Å². The summed E-state index contributed by atoms with van der Waals surface area (Å²) in [6.45, 7) is 6.90. The molecule has 1 aromatic rings. The van der Waals surface area contributed by atoms with Gasteiger partial charge >= 0.3 is 0 Å². The second kappa shape index (κ2) is 6.37.